The van der Waals surface area contributed by atoms with Gasteiger partial charge < -0.3 is 19.8 Å². The van der Waals surface area contributed by atoms with Gasteiger partial charge in [-0.3, -0.25) is 13.8 Å². The number of amides is 1. The van der Waals surface area contributed by atoms with Crippen LogP contribution < -0.4 is 5.32 Å². The van der Waals surface area contributed by atoms with E-state index in [9.17, 15) is 19.4 Å². The van der Waals surface area contributed by atoms with Gasteiger partial charge in [-0.25, -0.2) is 4.57 Å². The summed E-state index contributed by atoms with van der Waals surface area (Å²) in [5.74, 6) is -0.142. The molecule has 8 nitrogen and oxygen atoms in total. The third-order valence-corrected chi connectivity index (χ3v) is 11.1. The minimum absolute atomic E-state index is 0.0784. The smallest absolute Gasteiger partial charge is 0.391 e. The Balaban J connectivity index is 4.34. The topological polar surface area (TPSA) is 105 Å². The summed E-state index contributed by atoms with van der Waals surface area (Å²) in [6.07, 6.45) is 36.9. The molecule has 0 heterocycles. The minimum Gasteiger partial charge on any atom is -0.391 e. The molecule has 0 aliphatic heterocycles. The van der Waals surface area contributed by atoms with Gasteiger partial charge in [0.25, 0.3) is 0 Å². The maximum Gasteiger partial charge on any atom is 0.472 e. The maximum atomic E-state index is 12.9. The Bertz CT molecular complexity index is 809. The second-order valence-corrected chi connectivity index (χ2v) is 17.9. The third kappa shape index (κ3) is 37.6. The van der Waals surface area contributed by atoms with Crippen molar-refractivity contribution in [3.8, 4) is 0 Å². The first-order chi connectivity index (χ1) is 24.5. The van der Waals surface area contributed by atoms with E-state index < -0.39 is 20.0 Å². The van der Waals surface area contributed by atoms with Crippen LogP contribution in [0.1, 0.15) is 213 Å². The van der Waals surface area contributed by atoms with E-state index in [2.05, 4.69) is 19.2 Å². The Hall–Kier alpha value is -0.500. The fraction of sp³-hybridized carbons (Fsp3) is 0.976. The first-order valence-electron chi connectivity index (χ1n) is 21.9. The van der Waals surface area contributed by atoms with Crippen molar-refractivity contribution in [1.29, 1.82) is 0 Å². The molecule has 0 aromatic heterocycles. The fourth-order valence-corrected chi connectivity index (χ4v) is 7.31. The lowest BCUT2D eigenvalue weighted by Crippen LogP contribution is -2.46. The molecule has 9 heteroatoms. The van der Waals surface area contributed by atoms with E-state index in [0.29, 0.717) is 23.9 Å². The Morgan fingerprint density at radius 1 is 0.588 bits per heavy atom. The summed E-state index contributed by atoms with van der Waals surface area (Å²) in [5.41, 5.74) is 0. The highest BCUT2D eigenvalue weighted by atomic mass is 31.2. The lowest BCUT2D eigenvalue weighted by Gasteiger charge is -2.26. The van der Waals surface area contributed by atoms with Gasteiger partial charge in [0.15, 0.2) is 0 Å². The molecule has 1 amide bonds. The van der Waals surface area contributed by atoms with E-state index in [4.69, 9.17) is 9.05 Å². The van der Waals surface area contributed by atoms with Crippen LogP contribution in [0.5, 0.6) is 0 Å². The van der Waals surface area contributed by atoms with Crippen LogP contribution in [0.25, 0.3) is 0 Å². The molecule has 0 saturated heterocycles. The Morgan fingerprint density at radius 2 is 0.941 bits per heavy atom. The average molecular weight is 748 g/mol. The second-order valence-electron chi connectivity index (χ2n) is 16.4. The van der Waals surface area contributed by atoms with Gasteiger partial charge in [-0.1, -0.05) is 194 Å². The molecule has 0 spiro atoms. The van der Waals surface area contributed by atoms with Crippen molar-refractivity contribution in [2.24, 2.45) is 0 Å². The highest BCUT2D eigenvalue weighted by molar-refractivity contribution is 7.47. The number of aliphatic hydroxyl groups excluding tert-OH is 1. The second kappa shape index (κ2) is 35.2. The lowest BCUT2D eigenvalue weighted by atomic mass is 10.0. The molecule has 0 rings (SSSR count). The van der Waals surface area contributed by atoms with Crippen LogP contribution in [-0.2, 0) is 18.4 Å². The molecular weight excluding hydrogens is 659 g/mol. The summed E-state index contributed by atoms with van der Waals surface area (Å²) >= 11 is 0. The van der Waals surface area contributed by atoms with E-state index >= 15 is 0 Å². The summed E-state index contributed by atoms with van der Waals surface area (Å²) in [6, 6.07) is -0.752. The Kier molecular flexibility index (Phi) is 34.9. The molecule has 0 aliphatic rings. The van der Waals surface area contributed by atoms with Crippen molar-refractivity contribution >= 4 is 13.7 Å². The predicted octanol–water partition coefficient (Wildman–Crippen LogP) is 11.8. The molecule has 0 radical (unpaired) electrons. The van der Waals surface area contributed by atoms with Gasteiger partial charge >= 0.3 is 7.82 Å². The van der Waals surface area contributed by atoms with Crippen LogP contribution in [0.4, 0.5) is 0 Å². The van der Waals surface area contributed by atoms with Crippen molar-refractivity contribution in [3.05, 3.63) is 0 Å². The van der Waals surface area contributed by atoms with Gasteiger partial charge in [-0.15, -0.1) is 0 Å². The number of quaternary nitrogens is 1. The number of carbonyl (C=O) groups is 1. The maximum absolute atomic E-state index is 12.9. The minimum atomic E-state index is -4.30. The molecule has 0 aliphatic carbocycles. The zero-order valence-electron chi connectivity index (χ0n) is 34.6. The molecule has 0 aromatic carbocycles. The number of aliphatic hydroxyl groups is 1. The third-order valence-electron chi connectivity index (χ3n) is 10.1. The van der Waals surface area contributed by atoms with Gasteiger partial charge in [-0.2, -0.15) is 0 Å². The van der Waals surface area contributed by atoms with Crippen LogP contribution >= 0.6 is 7.82 Å². The van der Waals surface area contributed by atoms with E-state index in [0.717, 1.165) is 38.5 Å². The molecule has 0 saturated carbocycles. The van der Waals surface area contributed by atoms with Gasteiger partial charge in [0, 0.05) is 6.42 Å². The van der Waals surface area contributed by atoms with Crippen molar-refractivity contribution in [2.75, 3.05) is 40.9 Å². The number of unbranched alkanes of at least 4 members (excludes halogenated alkanes) is 27. The van der Waals surface area contributed by atoms with Crippen molar-refractivity contribution in [2.45, 2.75) is 225 Å². The summed E-state index contributed by atoms with van der Waals surface area (Å²) in [7, 11) is 1.63. The summed E-state index contributed by atoms with van der Waals surface area (Å²) in [6.45, 7) is 4.90. The summed E-state index contributed by atoms with van der Waals surface area (Å²) in [4.78, 5) is 23.1. The van der Waals surface area contributed by atoms with E-state index in [1.807, 2.05) is 21.1 Å². The highest BCUT2D eigenvalue weighted by Crippen LogP contribution is 2.43. The molecule has 0 fully saturated rings. The molecule has 3 N–H and O–H groups in total. The summed E-state index contributed by atoms with van der Waals surface area (Å²) in [5, 5.41) is 13.9. The van der Waals surface area contributed by atoms with Gasteiger partial charge in [-0.05, 0) is 12.8 Å². The number of rotatable bonds is 40. The van der Waals surface area contributed by atoms with Crippen molar-refractivity contribution in [3.63, 3.8) is 0 Å². The number of phosphoric ester groups is 1. The SMILES string of the molecule is CCCCCCCCCCCCCCCCCCC(=O)N[C@@H](COP(=O)(O)OCC[N+](C)(C)C)[C@H](O)CCCCCCCCCCCCCCC. The summed E-state index contributed by atoms with van der Waals surface area (Å²) < 4.78 is 23.6. The van der Waals surface area contributed by atoms with E-state index in [1.54, 1.807) is 0 Å². The molecule has 51 heavy (non-hydrogen) atoms. The number of carbonyl (C=O) groups excluding carboxylic acids is 1. The Labute approximate surface area is 317 Å². The van der Waals surface area contributed by atoms with Crippen LogP contribution in [0.3, 0.4) is 0 Å². The molecule has 1 unspecified atom stereocenters. The number of nitrogens with zero attached hydrogens (tertiary/aromatic N) is 1. The molecule has 306 valence electrons. The predicted molar refractivity (Wildman–Crippen MR) is 217 cm³/mol. The lowest BCUT2D eigenvalue weighted by molar-refractivity contribution is -0.870. The van der Waals surface area contributed by atoms with Gasteiger partial charge in [0.1, 0.15) is 13.2 Å². The molecule has 3 atom stereocenters. The van der Waals surface area contributed by atoms with Crippen LogP contribution in [0.2, 0.25) is 0 Å². The van der Waals surface area contributed by atoms with Crippen LogP contribution in [0.15, 0.2) is 0 Å². The monoisotopic (exact) mass is 748 g/mol. The average Bonchev–Trinajstić information content (AvgIpc) is 3.07. The fourth-order valence-electron chi connectivity index (χ4n) is 6.58. The highest BCUT2D eigenvalue weighted by Gasteiger charge is 2.28. The number of phosphoric acid groups is 1. The van der Waals surface area contributed by atoms with E-state index in [-0.39, 0.29) is 19.1 Å². The molecular formula is C42H88N2O6P+. The first kappa shape index (κ1) is 50.5. The first-order valence-corrected chi connectivity index (χ1v) is 23.4. The number of hydrogen-bond donors (Lipinski definition) is 3. The number of nitrogens with one attached hydrogen (secondary N) is 1. The quantitative estimate of drug-likeness (QED) is 0.0327. The van der Waals surface area contributed by atoms with E-state index in [1.165, 1.54) is 148 Å². The van der Waals surface area contributed by atoms with Gasteiger partial charge in [0.2, 0.25) is 5.91 Å². The van der Waals surface area contributed by atoms with Crippen LogP contribution in [0, 0.1) is 0 Å². The van der Waals surface area contributed by atoms with Gasteiger partial charge in [0.05, 0.1) is 39.9 Å². The normalized spacial score (nSPS) is 14.4. The number of hydrogen-bond acceptors (Lipinski definition) is 5. The molecule has 0 bridgehead atoms. The number of likely N-dealkylation sites (N-methyl/N-ethyl adjacent to an activating group) is 1. The Morgan fingerprint density at radius 3 is 1.31 bits per heavy atom. The van der Waals surface area contributed by atoms with Crippen molar-refractivity contribution in [1.82, 2.24) is 5.32 Å². The standard InChI is InChI=1S/C42H87N2O6P/c1-6-8-10-12-14-16-18-20-21-22-24-26-28-30-32-34-36-42(46)43-40(39-50-51(47,48)49-38-37-44(3,4)5)41(45)35-33-31-29-27-25-23-19-17-15-13-11-9-7-2/h40-41,45H,6-39H2,1-5H3,(H-,43,46,47,48)/p+1/t40-,41+/m0/s1. The zero-order valence-corrected chi connectivity index (χ0v) is 35.5. The largest absolute Gasteiger partial charge is 0.472 e. The van der Waals surface area contributed by atoms with Crippen LogP contribution in [-0.4, -0.2) is 73.4 Å². The zero-order chi connectivity index (χ0) is 37.9. The van der Waals surface area contributed by atoms with Crippen molar-refractivity contribution < 1.29 is 32.9 Å². The molecule has 0 aromatic rings.